The molecule has 0 fully saturated rings. The van der Waals surface area contributed by atoms with Crippen molar-refractivity contribution < 1.29 is 6.85 Å². The van der Waals surface area contributed by atoms with E-state index >= 15 is 0 Å². The largest absolute Gasteiger partial charge is 0.306 e. The summed E-state index contributed by atoms with van der Waals surface area (Å²) >= 11 is 0. The van der Waals surface area contributed by atoms with Crippen molar-refractivity contribution >= 4 is 54.3 Å². The van der Waals surface area contributed by atoms with E-state index in [2.05, 4.69) is 131 Å². The number of hydrogen-bond donors (Lipinski definition) is 0. The lowest BCUT2D eigenvalue weighted by Gasteiger charge is -2.18. The molecule has 4 aromatic heterocycles. The van der Waals surface area contributed by atoms with Crippen LogP contribution in [0.3, 0.4) is 0 Å². The summed E-state index contributed by atoms with van der Waals surface area (Å²) in [4.78, 5) is 14.3. The number of rotatable bonds is 6. The first kappa shape index (κ1) is 29.9. The van der Waals surface area contributed by atoms with Gasteiger partial charge in [-0.05, 0) is 120 Å². The van der Waals surface area contributed by atoms with Gasteiger partial charge in [-0.3, -0.25) is 9.97 Å². The molecule has 0 aliphatic heterocycles. The zero-order valence-electron chi connectivity index (χ0n) is 37.7. The van der Waals surface area contributed by atoms with Gasteiger partial charge in [0.15, 0.2) is 0 Å². The summed E-state index contributed by atoms with van der Waals surface area (Å²) in [7, 11) is 0. The monoisotopic (exact) mass is 781 g/mol. The molecule has 284 valence electrons. The van der Waals surface area contributed by atoms with Crippen molar-refractivity contribution in [2.75, 3.05) is 0 Å². The molecule has 4 heterocycles. The highest BCUT2D eigenvalue weighted by Gasteiger charge is 2.19. The van der Waals surface area contributed by atoms with Gasteiger partial charge in [-0.2, -0.15) is 0 Å². The zero-order chi connectivity index (χ0) is 44.6. The Kier molecular flexibility index (Phi) is 7.00. The van der Waals surface area contributed by atoms with Crippen molar-refractivity contribution in [3.05, 3.63) is 219 Å². The lowest BCUT2D eigenvalue weighted by atomic mass is 9.85. The molecule has 0 N–H and O–H groups in total. The van der Waals surface area contributed by atoms with Crippen molar-refractivity contribution in [1.82, 2.24) is 19.5 Å². The number of benzene rings is 8. The lowest BCUT2D eigenvalue weighted by molar-refractivity contribution is 1.14. The number of aromatic nitrogens is 4. The summed E-state index contributed by atoms with van der Waals surface area (Å²) < 4.78 is 44.3. The van der Waals surface area contributed by atoms with Gasteiger partial charge in [0.2, 0.25) is 0 Å². The van der Waals surface area contributed by atoms with Crippen LogP contribution >= 0.6 is 0 Å². The Morgan fingerprint density at radius 3 is 1.70 bits per heavy atom. The van der Waals surface area contributed by atoms with Crippen LogP contribution in [0.1, 0.15) is 6.85 Å². The van der Waals surface area contributed by atoms with Crippen molar-refractivity contribution in [3.63, 3.8) is 0 Å². The molecule has 0 amide bonds. The van der Waals surface area contributed by atoms with Crippen LogP contribution in [0.15, 0.2) is 219 Å². The predicted octanol–water partition coefficient (Wildman–Crippen LogP) is 14.8. The zero-order valence-corrected chi connectivity index (χ0v) is 32.7. The molecule has 0 unspecified atom stereocenters. The van der Waals surface area contributed by atoms with Crippen LogP contribution in [0, 0.1) is 0 Å². The average molecular weight is 782 g/mol. The van der Waals surface area contributed by atoms with Gasteiger partial charge >= 0.3 is 0 Å². The van der Waals surface area contributed by atoms with E-state index < -0.39 is 6.04 Å². The fourth-order valence-electron chi connectivity index (χ4n) is 8.98. The summed E-state index contributed by atoms with van der Waals surface area (Å²) in [6, 6.07) is 57.3. The van der Waals surface area contributed by atoms with E-state index in [0.29, 0.717) is 11.1 Å². The number of hydrogen-bond acceptors (Lipinski definition) is 3. The van der Waals surface area contributed by atoms with Gasteiger partial charge in [-0.15, -0.1) is 0 Å². The maximum absolute atomic E-state index is 8.69. The van der Waals surface area contributed by atoms with Crippen LogP contribution in [0.25, 0.3) is 116 Å². The molecule has 61 heavy (non-hydrogen) atoms. The second kappa shape index (κ2) is 14.3. The van der Waals surface area contributed by atoms with Crippen LogP contribution in [-0.2, 0) is 0 Å². The number of nitrogens with zero attached hydrogens (tertiary/aromatic N) is 4. The maximum atomic E-state index is 8.69. The van der Waals surface area contributed by atoms with Gasteiger partial charge in [-0.25, -0.2) is 4.98 Å². The minimum atomic E-state index is -0.424. The third-order valence-electron chi connectivity index (χ3n) is 11.8. The van der Waals surface area contributed by atoms with E-state index in [0.717, 1.165) is 50.2 Å². The fourth-order valence-corrected chi connectivity index (χ4v) is 8.98. The molecule has 4 nitrogen and oxygen atoms in total. The number of fused-ring (bicyclic) bond motifs is 6. The Morgan fingerprint density at radius 2 is 1.00 bits per heavy atom. The molecule has 12 aromatic rings. The fraction of sp³-hybridized carbons (Fsp3) is 0. The van der Waals surface area contributed by atoms with Crippen molar-refractivity contribution in [1.29, 1.82) is 0 Å². The van der Waals surface area contributed by atoms with Crippen LogP contribution in [0.5, 0.6) is 0 Å². The minimum absolute atomic E-state index is 0.144. The van der Waals surface area contributed by atoms with E-state index in [4.69, 9.17) is 16.8 Å². The summed E-state index contributed by atoms with van der Waals surface area (Å²) in [5.41, 5.74) is 12.1. The van der Waals surface area contributed by atoms with Crippen LogP contribution < -0.4 is 0 Å². The van der Waals surface area contributed by atoms with E-state index in [9.17, 15) is 0 Å². The third kappa shape index (κ3) is 5.88. The second-order valence-electron chi connectivity index (χ2n) is 15.2. The molecule has 0 aliphatic carbocycles. The van der Waals surface area contributed by atoms with Crippen molar-refractivity contribution in [2.24, 2.45) is 0 Å². The van der Waals surface area contributed by atoms with E-state index in [1.807, 2.05) is 54.7 Å². The molecular weight excluding hydrogens is 741 g/mol. The van der Waals surface area contributed by atoms with Gasteiger partial charge in [0, 0.05) is 28.9 Å². The van der Waals surface area contributed by atoms with Gasteiger partial charge < -0.3 is 4.57 Å². The predicted molar refractivity (Wildman–Crippen MR) is 254 cm³/mol. The SMILES string of the molecule is [2H]c1c([2H])c([2H])c(-c2ccc3c(c2)c2nc(-c4ccncc4)ccc2n3-c2ccc(-c3ccc(-c4c5ccccc5c(-c5ccc6ccccc6c5)c5ccccc45)cc3)nc2)c([2H])c1[2H]. The van der Waals surface area contributed by atoms with Gasteiger partial charge in [0.25, 0.3) is 0 Å². The molecule has 0 saturated carbocycles. The molecule has 0 aliphatic rings. The van der Waals surface area contributed by atoms with Crippen LogP contribution in [-0.4, -0.2) is 19.5 Å². The second-order valence-corrected chi connectivity index (χ2v) is 15.2. The lowest BCUT2D eigenvalue weighted by Crippen LogP contribution is -1.96. The summed E-state index contributed by atoms with van der Waals surface area (Å²) in [6.07, 6.45) is 5.33. The van der Waals surface area contributed by atoms with Gasteiger partial charge in [0.05, 0.1) is 46.7 Å². The summed E-state index contributed by atoms with van der Waals surface area (Å²) in [5, 5.41) is 8.03. The molecule has 12 rings (SSSR count). The molecular formula is C57H36N4. The quantitative estimate of drug-likeness (QED) is 0.158. The van der Waals surface area contributed by atoms with E-state index in [-0.39, 0.29) is 29.7 Å². The first-order valence-corrected chi connectivity index (χ1v) is 20.2. The Morgan fingerprint density at radius 1 is 0.410 bits per heavy atom. The maximum Gasteiger partial charge on any atom is 0.0971 e. The molecule has 0 radical (unpaired) electrons. The van der Waals surface area contributed by atoms with Gasteiger partial charge in [0.1, 0.15) is 0 Å². The highest BCUT2D eigenvalue weighted by Crippen LogP contribution is 2.44. The highest BCUT2D eigenvalue weighted by molar-refractivity contribution is 6.21. The van der Waals surface area contributed by atoms with Crippen molar-refractivity contribution in [2.45, 2.75) is 0 Å². The van der Waals surface area contributed by atoms with Crippen LogP contribution in [0.2, 0.25) is 0 Å². The molecule has 8 aromatic carbocycles. The molecule has 0 spiro atoms. The summed E-state index contributed by atoms with van der Waals surface area (Å²) in [6.45, 7) is 0. The van der Waals surface area contributed by atoms with E-state index in [1.165, 1.54) is 49.0 Å². The Hall–Kier alpha value is -8.21. The average Bonchev–Trinajstić information content (AvgIpc) is 3.70. The number of pyridine rings is 3. The Labute approximate surface area is 359 Å². The first-order valence-electron chi connectivity index (χ1n) is 22.7. The first-order chi connectivity index (χ1) is 32.3. The molecule has 4 heteroatoms. The normalized spacial score (nSPS) is 12.8. The van der Waals surface area contributed by atoms with E-state index in [1.54, 1.807) is 12.4 Å². The van der Waals surface area contributed by atoms with Crippen molar-refractivity contribution in [3.8, 4) is 61.6 Å². The topological polar surface area (TPSA) is 43.6 Å². The summed E-state index contributed by atoms with van der Waals surface area (Å²) in [5.74, 6) is 0. The molecule has 0 saturated heterocycles. The smallest absolute Gasteiger partial charge is 0.0971 e. The Bertz CT molecular complexity index is 3840. The molecule has 0 bridgehead atoms. The van der Waals surface area contributed by atoms with Crippen LogP contribution in [0.4, 0.5) is 0 Å². The highest BCUT2D eigenvalue weighted by atomic mass is 15.0. The Balaban J connectivity index is 0.946. The standard InChI is InChI=1S/C57H36N4/c1-2-10-37(11-3-1)43-24-28-53-50(35-43)57-54(29-27-52(60-57)40-30-32-58-33-31-40)61(53)45-25-26-51(59-36-45)39-19-21-41(22-20-39)55-46-14-6-8-16-48(46)56(49-17-9-7-15-47(49)55)44-23-18-38-12-4-5-13-42(38)34-44/h1-36H/i1D,2D,3D,10D,11D. The minimum Gasteiger partial charge on any atom is -0.306 e. The molecule has 0 atom stereocenters. The third-order valence-corrected chi connectivity index (χ3v) is 11.8. The van der Waals surface area contributed by atoms with Gasteiger partial charge in [-0.1, -0.05) is 145 Å².